The number of ether oxygens (including phenoxy) is 2. The third kappa shape index (κ3) is 6.76. The molecule has 2 saturated heterocycles. The number of alkyl halides is 2. The minimum absolute atomic E-state index is 0.0182. The van der Waals surface area contributed by atoms with Crippen molar-refractivity contribution >= 4 is 28.5 Å². The van der Waals surface area contributed by atoms with Crippen LogP contribution in [0.5, 0.6) is 5.75 Å². The Hall–Kier alpha value is -5.44. The van der Waals surface area contributed by atoms with Crippen LogP contribution in [-0.2, 0) is 29.0 Å². The molecule has 0 amide bonds. The van der Waals surface area contributed by atoms with Gasteiger partial charge in [-0.15, -0.1) is 0 Å². The highest BCUT2D eigenvalue weighted by atomic mass is 19.3. The quantitative estimate of drug-likeness (QED) is 0.132. The number of fused-ring (bicyclic) bond motifs is 2. The van der Waals surface area contributed by atoms with Crippen LogP contribution in [0, 0.1) is 25.2 Å². The number of oxazole rings is 1. The Balaban J connectivity index is 1.11. The summed E-state index contributed by atoms with van der Waals surface area (Å²) >= 11 is 0. The number of rotatable bonds is 10. The van der Waals surface area contributed by atoms with Gasteiger partial charge in [-0.25, -0.2) is 4.98 Å². The van der Waals surface area contributed by atoms with Gasteiger partial charge in [0, 0.05) is 42.3 Å². The van der Waals surface area contributed by atoms with E-state index < -0.39 is 12.7 Å². The maximum atomic E-state index is 13.6. The van der Waals surface area contributed by atoms with Crippen molar-refractivity contribution in [2.75, 3.05) is 26.7 Å². The molecule has 0 radical (unpaired) electrons. The molecule has 54 heavy (non-hydrogen) atoms. The molecule has 0 bridgehead atoms. The van der Waals surface area contributed by atoms with Crippen molar-refractivity contribution in [3.05, 3.63) is 99.6 Å². The molecule has 276 valence electrons. The molecule has 9 nitrogen and oxygen atoms in total. The molecule has 0 spiro atoms. The zero-order valence-electron chi connectivity index (χ0n) is 30.6. The fourth-order valence-corrected chi connectivity index (χ4v) is 8.38. The van der Waals surface area contributed by atoms with Crippen LogP contribution in [0.1, 0.15) is 64.6 Å². The molecule has 2 fully saturated rings. The predicted octanol–water partition coefficient (Wildman–Crippen LogP) is 8.66. The van der Waals surface area contributed by atoms with Crippen molar-refractivity contribution in [1.82, 2.24) is 14.8 Å². The highest BCUT2D eigenvalue weighted by Gasteiger charge is 2.32. The number of carbonyl (C=O) groups excluding carboxylic acids is 1. The SMILES string of the molecule is COC(=O)[C@@H]1CCCN1Cc1cc2nc(-c3cccc(-c4cccc(C5=Nc6cc(CN7CCCC7)cc(C#N)c6C5)c4C)c3C)oc2cc1OC(F)F. The van der Waals surface area contributed by atoms with Crippen LogP contribution in [-0.4, -0.2) is 65.9 Å². The van der Waals surface area contributed by atoms with Crippen LogP contribution >= 0.6 is 0 Å². The lowest BCUT2D eigenvalue weighted by Crippen LogP contribution is -2.36. The number of nitriles is 1. The molecule has 0 unspecified atom stereocenters. The van der Waals surface area contributed by atoms with Gasteiger partial charge in [-0.3, -0.25) is 19.6 Å². The zero-order chi connectivity index (χ0) is 37.5. The van der Waals surface area contributed by atoms with E-state index in [9.17, 15) is 18.8 Å². The highest BCUT2D eigenvalue weighted by Crippen LogP contribution is 2.39. The number of hydrogen-bond donors (Lipinski definition) is 0. The number of aromatic nitrogens is 1. The molecule has 8 rings (SSSR count). The molecular weight excluding hydrogens is 689 g/mol. The number of aliphatic imine (C=N–C) groups is 1. The second-order valence-electron chi connectivity index (χ2n) is 14.4. The number of nitrogens with zero attached hydrogens (tertiary/aromatic N) is 5. The van der Waals surface area contributed by atoms with Gasteiger partial charge in [-0.2, -0.15) is 14.0 Å². The average Bonchev–Trinajstić information content (AvgIpc) is 3.99. The van der Waals surface area contributed by atoms with Gasteiger partial charge in [-0.05, 0) is 117 Å². The van der Waals surface area contributed by atoms with Gasteiger partial charge in [-0.1, -0.05) is 30.3 Å². The molecule has 3 aliphatic heterocycles. The summed E-state index contributed by atoms with van der Waals surface area (Å²) in [5.74, 6) is -0.00676. The molecular formula is C43H41F2N5O4. The fraction of sp³-hybridized carbons (Fsp3) is 0.349. The first-order chi connectivity index (χ1) is 26.2. The maximum Gasteiger partial charge on any atom is 0.387 e. The van der Waals surface area contributed by atoms with Crippen molar-refractivity contribution < 1.29 is 27.5 Å². The van der Waals surface area contributed by atoms with Crippen molar-refractivity contribution in [2.45, 2.75) is 71.7 Å². The van der Waals surface area contributed by atoms with E-state index in [1.54, 1.807) is 6.07 Å². The molecule has 11 heteroatoms. The van der Waals surface area contributed by atoms with Gasteiger partial charge < -0.3 is 13.9 Å². The molecule has 1 atom stereocenters. The van der Waals surface area contributed by atoms with Crippen LogP contribution in [0.2, 0.25) is 0 Å². The van der Waals surface area contributed by atoms with E-state index in [4.69, 9.17) is 23.9 Å². The van der Waals surface area contributed by atoms with Gasteiger partial charge in [0.05, 0.1) is 30.1 Å². The summed E-state index contributed by atoms with van der Waals surface area (Å²) in [4.78, 5) is 26.6. The predicted molar refractivity (Wildman–Crippen MR) is 202 cm³/mol. The molecule has 0 N–H and O–H groups in total. The summed E-state index contributed by atoms with van der Waals surface area (Å²) in [7, 11) is 1.35. The van der Waals surface area contributed by atoms with Crippen LogP contribution in [0.4, 0.5) is 14.5 Å². The first-order valence-corrected chi connectivity index (χ1v) is 18.5. The van der Waals surface area contributed by atoms with E-state index in [1.807, 2.05) is 36.1 Å². The standard InChI is InChI=1S/C43H41F2N5O4/c1-25-30(9-6-11-32(25)36-20-34-28(22-46)17-27(18-35(34)47-36)23-49-14-4-5-15-49)31-10-7-12-33(26(31)2)41-48-37-19-29(39(54-43(44)45)21-40(37)53-41)24-50-16-8-13-38(50)42(51)52-3/h6-7,9-12,17-19,21,38,43H,4-5,8,13-16,20,23-24H2,1-3H3/t38-/m0/s1. The largest absolute Gasteiger partial charge is 0.468 e. The summed E-state index contributed by atoms with van der Waals surface area (Å²) in [6.07, 6.45) is 4.45. The van der Waals surface area contributed by atoms with E-state index >= 15 is 0 Å². The van der Waals surface area contributed by atoms with Gasteiger partial charge >= 0.3 is 12.6 Å². The van der Waals surface area contributed by atoms with Crippen molar-refractivity contribution in [2.24, 2.45) is 4.99 Å². The zero-order valence-corrected chi connectivity index (χ0v) is 30.6. The number of hydrogen-bond acceptors (Lipinski definition) is 9. The summed E-state index contributed by atoms with van der Waals surface area (Å²) in [6, 6.07) is 21.5. The van der Waals surface area contributed by atoms with Crippen molar-refractivity contribution in [1.29, 1.82) is 5.26 Å². The topological polar surface area (TPSA) is 104 Å². The molecule has 1 aromatic heterocycles. The van der Waals surface area contributed by atoms with E-state index in [1.165, 1.54) is 26.0 Å². The molecule has 3 aliphatic rings. The van der Waals surface area contributed by atoms with Crippen molar-refractivity contribution in [3.8, 4) is 34.4 Å². The second kappa shape index (κ2) is 14.8. The Kier molecular flexibility index (Phi) is 9.73. The Morgan fingerprint density at radius 2 is 1.69 bits per heavy atom. The lowest BCUT2D eigenvalue weighted by atomic mass is 9.89. The number of carbonyl (C=O) groups is 1. The molecule has 5 aromatic rings. The number of methoxy groups -OCH3 is 1. The Morgan fingerprint density at radius 1 is 0.963 bits per heavy atom. The summed E-state index contributed by atoms with van der Waals surface area (Å²) in [5, 5.41) is 10.1. The number of esters is 1. The van der Waals surface area contributed by atoms with Gasteiger partial charge in [0.1, 0.15) is 17.3 Å². The Bertz CT molecular complexity index is 2340. The van der Waals surface area contributed by atoms with Crippen LogP contribution < -0.4 is 4.74 Å². The summed E-state index contributed by atoms with van der Waals surface area (Å²) in [6.45, 7) is 4.94. The first kappa shape index (κ1) is 35.6. The van der Waals surface area contributed by atoms with E-state index in [0.29, 0.717) is 47.5 Å². The Labute approximate surface area is 312 Å². The monoisotopic (exact) mass is 729 g/mol. The summed E-state index contributed by atoms with van der Waals surface area (Å²) in [5.41, 5.74) is 11.8. The molecule has 4 aromatic carbocycles. The third-order valence-electron chi connectivity index (χ3n) is 11.1. The van der Waals surface area contributed by atoms with Gasteiger partial charge in [0.15, 0.2) is 5.58 Å². The molecule has 0 aliphatic carbocycles. The third-order valence-corrected chi connectivity index (χ3v) is 11.1. The van der Waals surface area contributed by atoms with E-state index in [0.717, 1.165) is 82.0 Å². The lowest BCUT2D eigenvalue weighted by molar-refractivity contribution is -0.146. The number of benzene rings is 4. The van der Waals surface area contributed by atoms with Crippen LogP contribution in [0.3, 0.4) is 0 Å². The minimum atomic E-state index is -3.04. The maximum absolute atomic E-state index is 13.6. The van der Waals surface area contributed by atoms with Crippen LogP contribution in [0.15, 0.2) is 70.1 Å². The molecule has 0 saturated carbocycles. The van der Waals surface area contributed by atoms with Crippen LogP contribution in [0.25, 0.3) is 33.7 Å². The van der Waals surface area contributed by atoms with Gasteiger partial charge in [0.2, 0.25) is 5.89 Å². The second-order valence-corrected chi connectivity index (χ2v) is 14.4. The van der Waals surface area contributed by atoms with E-state index in [2.05, 4.69) is 42.2 Å². The summed E-state index contributed by atoms with van der Waals surface area (Å²) < 4.78 is 43.3. The van der Waals surface area contributed by atoms with Gasteiger partial charge in [0.25, 0.3) is 0 Å². The minimum Gasteiger partial charge on any atom is -0.468 e. The fourth-order valence-electron chi connectivity index (χ4n) is 8.38. The highest BCUT2D eigenvalue weighted by molar-refractivity contribution is 6.09. The Morgan fingerprint density at radius 3 is 2.41 bits per heavy atom. The average molecular weight is 730 g/mol. The number of likely N-dealkylation sites (tertiary alicyclic amines) is 2. The normalized spacial score (nSPS) is 17.3. The first-order valence-electron chi connectivity index (χ1n) is 18.5. The van der Waals surface area contributed by atoms with Crippen molar-refractivity contribution in [3.63, 3.8) is 0 Å². The van der Waals surface area contributed by atoms with E-state index in [-0.39, 0.29) is 18.3 Å². The molecule has 4 heterocycles. The number of halogens is 2. The smallest absolute Gasteiger partial charge is 0.387 e. The lowest BCUT2D eigenvalue weighted by Gasteiger charge is -2.23.